The van der Waals surface area contributed by atoms with Crippen molar-refractivity contribution < 1.29 is 18.6 Å². The molecule has 0 saturated heterocycles. The van der Waals surface area contributed by atoms with Crippen LogP contribution >= 0.6 is 0 Å². The summed E-state index contributed by atoms with van der Waals surface area (Å²) in [5, 5.41) is 19.7. The van der Waals surface area contributed by atoms with Gasteiger partial charge in [-0.15, -0.1) is 0 Å². The van der Waals surface area contributed by atoms with Crippen molar-refractivity contribution in [1.29, 1.82) is 0 Å². The molecular formula is C13H14O4S. The summed E-state index contributed by atoms with van der Waals surface area (Å²) >= 11 is 0. The maximum Gasteiger partial charge on any atom is 0.181 e. The van der Waals surface area contributed by atoms with Crippen LogP contribution in [0.3, 0.4) is 0 Å². The fourth-order valence-electron chi connectivity index (χ4n) is 1.76. The largest absolute Gasteiger partial charge is 0.394 e. The van der Waals surface area contributed by atoms with E-state index in [2.05, 4.69) is 0 Å². The molecule has 2 aromatic rings. The van der Waals surface area contributed by atoms with Crippen LogP contribution in [-0.2, 0) is 9.84 Å². The van der Waals surface area contributed by atoms with E-state index in [1.807, 2.05) is 24.3 Å². The van der Waals surface area contributed by atoms with Crippen LogP contribution in [0, 0.1) is 0 Å². The molecule has 0 fully saturated rings. The third-order valence-electron chi connectivity index (χ3n) is 2.70. The van der Waals surface area contributed by atoms with E-state index in [0.29, 0.717) is 0 Å². The smallest absolute Gasteiger partial charge is 0.181 e. The van der Waals surface area contributed by atoms with Crippen molar-refractivity contribution in [3.05, 3.63) is 42.5 Å². The van der Waals surface area contributed by atoms with E-state index in [-0.39, 0.29) is 4.90 Å². The number of rotatable bonds is 4. The number of aliphatic hydroxyl groups is 2. The highest BCUT2D eigenvalue weighted by Crippen LogP contribution is 2.20. The lowest BCUT2D eigenvalue weighted by Crippen LogP contribution is -2.24. The molecule has 0 aliphatic rings. The predicted molar refractivity (Wildman–Crippen MR) is 69.1 cm³/mol. The minimum Gasteiger partial charge on any atom is -0.394 e. The van der Waals surface area contributed by atoms with Gasteiger partial charge in [-0.05, 0) is 22.9 Å². The number of aliphatic hydroxyl groups excluding tert-OH is 2. The first-order valence-electron chi connectivity index (χ1n) is 5.53. The molecule has 0 aromatic heterocycles. The van der Waals surface area contributed by atoms with Gasteiger partial charge in [0, 0.05) is 0 Å². The molecule has 0 saturated carbocycles. The highest BCUT2D eigenvalue weighted by atomic mass is 32.2. The molecular weight excluding hydrogens is 252 g/mol. The first kappa shape index (κ1) is 13.0. The summed E-state index contributed by atoms with van der Waals surface area (Å²) in [5.74, 6) is -0.470. The van der Waals surface area contributed by atoms with Gasteiger partial charge in [0.1, 0.15) is 0 Å². The van der Waals surface area contributed by atoms with Crippen molar-refractivity contribution in [1.82, 2.24) is 0 Å². The van der Waals surface area contributed by atoms with Crippen LogP contribution in [0.2, 0.25) is 0 Å². The first-order valence-corrected chi connectivity index (χ1v) is 7.18. The second kappa shape index (κ2) is 5.06. The van der Waals surface area contributed by atoms with Gasteiger partial charge in [-0.25, -0.2) is 8.42 Å². The van der Waals surface area contributed by atoms with Crippen molar-refractivity contribution in [2.75, 3.05) is 12.4 Å². The minimum absolute atomic E-state index is 0.161. The summed E-state index contributed by atoms with van der Waals surface area (Å²) in [6, 6.07) is 12.3. The van der Waals surface area contributed by atoms with Crippen LogP contribution in [0.5, 0.6) is 0 Å². The molecule has 2 aromatic carbocycles. The fourth-order valence-corrected chi connectivity index (χ4v) is 3.15. The number of sulfone groups is 1. The molecule has 0 heterocycles. The van der Waals surface area contributed by atoms with Crippen LogP contribution in [0.4, 0.5) is 0 Å². The molecule has 0 unspecified atom stereocenters. The van der Waals surface area contributed by atoms with Crippen molar-refractivity contribution in [3.63, 3.8) is 0 Å². The minimum atomic E-state index is -3.57. The fraction of sp³-hybridized carbons (Fsp3) is 0.231. The van der Waals surface area contributed by atoms with E-state index >= 15 is 0 Å². The Kier molecular flexibility index (Phi) is 3.65. The summed E-state index contributed by atoms with van der Waals surface area (Å²) in [7, 11) is -3.57. The molecule has 0 spiro atoms. The van der Waals surface area contributed by atoms with Crippen molar-refractivity contribution >= 4 is 20.6 Å². The molecule has 5 heteroatoms. The van der Waals surface area contributed by atoms with Crippen molar-refractivity contribution in [2.45, 2.75) is 11.0 Å². The molecule has 0 amide bonds. The van der Waals surface area contributed by atoms with Gasteiger partial charge in [-0.1, -0.05) is 30.3 Å². The lowest BCUT2D eigenvalue weighted by Gasteiger charge is -2.09. The maximum atomic E-state index is 12.0. The number of hydrogen-bond donors (Lipinski definition) is 2. The van der Waals surface area contributed by atoms with Crippen LogP contribution < -0.4 is 0 Å². The molecule has 18 heavy (non-hydrogen) atoms. The number of fused-ring (bicyclic) bond motifs is 1. The summed E-state index contributed by atoms with van der Waals surface area (Å²) in [5.41, 5.74) is 0. The average molecular weight is 266 g/mol. The molecule has 0 aliphatic carbocycles. The van der Waals surface area contributed by atoms with Crippen LogP contribution in [-0.4, -0.2) is 37.1 Å². The van der Waals surface area contributed by atoms with Crippen LogP contribution in [0.1, 0.15) is 0 Å². The van der Waals surface area contributed by atoms with Gasteiger partial charge in [0.25, 0.3) is 0 Å². The predicted octanol–water partition coefficient (Wildman–Crippen LogP) is 0.967. The quantitative estimate of drug-likeness (QED) is 0.864. The molecule has 0 bridgehead atoms. The van der Waals surface area contributed by atoms with E-state index < -0.39 is 28.3 Å². The van der Waals surface area contributed by atoms with Gasteiger partial charge < -0.3 is 10.2 Å². The summed E-state index contributed by atoms with van der Waals surface area (Å²) in [6.45, 7) is -0.563. The summed E-state index contributed by atoms with van der Waals surface area (Å²) in [6.07, 6.45) is -1.25. The molecule has 2 rings (SSSR count). The van der Waals surface area contributed by atoms with Crippen LogP contribution in [0.15, 0.2) is 47.4 Å². The van der Waals surface area contributed by atoms with E-state index in [1.165, 1.54) is 6.07 Å². The molecule has 4 nitrogen and oxygen atoms in total. The SMILES string of the molecule is O=S(=O)(C[C@@H](O)CO)c1ccc2ccccc2c1. The Balaban J connectivity index is 2.41. The zero-order valence-corrected chi connectivity index (χ0v) is 10.5. The second-order valence-electron chi connectivity index (χ2n) is 4.13. The van der Waals surface area contributed by atoms with Gasteiger partial charge in [-0.2, -0.15) is 0 Å². The van der Waals surface area contributed by atoms with Gasteiger partial charge in [0.2, 0.25) is 0 Å². The highest BCUT2D eigenvalue weighted by molar-refractivity contribution is 7.91. The third-order valence-corrected chi connectivity index (χ3v) is 4.50. The zero-order valence-electron chi connectivity index (χ0n) is 9.65. The molecule has 2 N–H and O–H groups in total. The molecule has 96 valence electrons. The molecule has 1 atom stereocenters. The maximum absolute atomic E-state index is 12.0. The van der Waals surface area contributed by atoms with E-state index in [4.69, 9.17) is 5.11 Å². The topological polar surface area (TPSA) is 74.6 Å². The highest BCUT2D eigenvalue weighted by Gasteiger charge is 2.19. The number of benzene rings is 2. The number of hydrogen-bond acceptors (Lipinski definition) is 4. The summed E-state index contributed by atoms with van der Waals surface area (Å²) in [4.78, 5) is 0.161. The van der Waals surface area contributed by atoms with Gasteiger partial charge in [0.05, 0.1) is 23.4 Å². The van der Waals surface area contributed by atoms with E-state index in [1.54, 1.807) is 12.1 Å². The van der Waals surface area contributed by atoms with E-state index in [0.717, 1.165) is 10.8 Å². The first-order chi connectivity index (χ1) is 8.53. The molecule has 0 radical (unpaired) electrons. The van der Waals surface area contributed by atoms with Crippen LogP contribution in [0.25, 0.3) is 10.8 Å². The van der Waals surface area contributed by atoms with Crippen molar-refractivity contribution in [3.8, 4) is 0 Å². The standard InChI is InChI=1S/C13H14O4S/c14-8-12(15)9-18(16,17)13-6-5-10-3-1-2-4-11(10)7-13/h1-7,12,14-15H,8-9H2/t12-/m0/s1. The van der Waals surface area contributed by atoms with E-state index in [9.17, 15) is 13.5 Å². The second-order valence-corrected chi connectivity index (χ2v) is 6.16. The normalized spacial score (nSPS) is 13.7. The van der Waals surface area contributed by atoms with Gasteiger partial charge in [0.15, 0.2) is 9.84 Å². The lowest BCUT2D eigenvalue weighted by atomic mass is 10.1. The zero-order chi connectivity index (χ0) is 13.2. The van der Waals surface area contributed by atoms with Gasteiger partial charge in [-0.3, -0.25) is 0 Å². The Morgan fingerprint density at radius 1 is 1.06 bits per heavy atom. The Labute approximate surface area is 105 Å². The lowest BCUT2D eigenvalue weighted by molar-refractivity contribution is 0.112. The monoisotopic (exact) mass is 266 g/mol. The third kappa shape index (κ3) is 2.69. The average Bonchev–Trinajstić information content (AvgIpc) is 2.37. The van der Waals surface area contributed by atoms with Gasteiger partial charge >= 0.3 is 0 Å². The Morgan fingerprint density at radius 2 is 1.72 bits per heavy atom. The molecule has 0 aliphatic heterocycles. The Bertz CT molecular complexity index is 649. The Morgan fingerprint density at radius 3 is 2.39 bits per heavy atom. The van der Waals surface area contributed by atoms with Crippen molar-refractivity contribution in [2.24, 2.45) is 0 Å². The Hall–Kier alpha value is -1.43. The summed E-state index contributed by atoms with van der Waals surface area (Å²) < 4.78 is 23.9.